The third-order valence-corrected chi connectivity index (χ3v) is 2.49. The Hall–Kier alpha value is -0.830. The largest absolute Gasteiger partial charge is 0.395 e. The molecule has 0 atom stereocenters. The molecule has 0 aromatic carbocycles. The lowest BCUT2D eigenvalue weighted by molar-refractivity contribution is -0.138. The summed E-state index contributed by atoms with van der Waals surface area (Å²) in [5.41, 5.74) is 0. The monoisotopic (exact) mass is 183 g/mol. The summed E-state index contributed by atoms with van der Waals surface area (Å²) < 4.78 is 0. The van der Waals surface area contributed by atoms with E-state index in [-0.39, 0.29) is 18.4 Å². The highest BCUT2D eigenvalue weighted by Crippen LogP contribution is 2.28. The number of aliphatic hydroxyl groups is 1. The molecular weight excluding hydrogens is 166 g/mol. The molecule has 0 bridgehead atoms. The Morgan fingerprint density at radius 2 is 2.31 bits per heavy atom. The Labute approximate surface area is 79.0 Å². The molecule has 1 amide bonds. The van der Waals surface area contributed by atoms with Gasteiger partial charge in [-0.2, -0.15) is 0 Å². The number of aliphatic hydroxyl groups excluding tert-OH is 1. The van der Waals surface area contributed by atoms with Crippen molar-refractivity contribution in [1.82, 2.24) is 4.90 Å². The number of carbonyl (C=O) groups excluding carboxylic acids is 1. The van der Waals surface area contributed by atoms with Crippen LogP contribution in [0.2, 0.25) is 0 Å². The first-order valence-corrected chi connectivity index (χ1v) is 4.80. The lowest BCUT2D eigenvalue weighted by Gasteiger charge is -2.30. The van der Waals surface area contributed by atoms with Gasteiger partial charge in [-0.05, 0) is 12.8 Å². The van der Waals surface area contributed by atoms with E-state index in [9.17, 15) is 4.79 Å². The Morgan fingerprint density at radius 1 is 1.62 bits per heavy atom. The summed E-state index contributed by atoms with van der Waals surface area (Å²) in [6.07, 6.45) is 4.89. The summed E-state index contributed by atoms with van der Waals surface area (Å²) in [6, 6.07) is 0. The molecule has 0 spiro atoms. The summed E-state index contributed by atoms with van der Waals surface area (Å²) in [6.45, 7) is 4.61. The van der Waals surface area contributed by atoms with Crippen molar-refractivity contribution < 1.29 is 9.90 Å². The summed E-state index contributed by atoms with van der Waals surface area (Å²) in [5, 5.41) is 8.76. The molecule has 13 heavy (non-hydrogen) atoms. The number of hydrogen-bond donors (Lipinski definition) is 1. The normalized spacial score (nSPS) is 16.4. The summed E-state index contributed by atoms with van der Waals surface area (Å²) in [7, 11) is 0. The first-order chi connectivity index (χ1) is 6.29. The van der Waals surface area contributed by atoms with Gasteiger partial charge in [0.1, 0.15) is 0 Å². The van der Waals surface area contributed by atoms with Crippen molar-refractivity contribution in [2.24, 2.45) is 5.92 Å². The van der Waals surface area contributed by atoms with Gasteiger partial charge in [-0.3, -0.25) is 4.79 Å². The smallest absolute Gasteiger partial charge is 0.226 e. The van der Waals surface area contributed by atoms with Crippen LogP contribution in [0.1, 0.15) is 19.3 Å². The number of nitrogens with zero attached hydrogens (tertiary/aromatic N) is 1. The molecule has 0 aromatic heterocycles. The van der Waals surface area contributed by atoms with E-state index < -0.39 is 0 Å². The Balaban J connectivity index is 2.41. The van der Waals surface area contributed by atoms with E-state index in [1.54, 1.807) is 11.0 Å². The van der Waals surface area contributed by atoms with Crippen LogP contribution in [0.5, 0.6) is 0 Å². The molecule has 74 valence electrons. The molecule has 3 nitrogen and oxygen atoms in total. The predicted molar refractivity (Wildman–Crippen MR) is 51.2 cm³/mol. The minimum absolute atomic E-state index is 0.0340. The summed E-state index contributed by atoms with van der Waals surface area (Å²) in [4.78, 5) is 13.3. The maximum absolute atomic E-state index is 11.7. The van der Waals surface area contributed by atoms with Gasteiger partial charge < -0.3 is 10.0 Å². The van der Waals surface area contributed by atoms with Crippen molar-refractivity contribution in [3.05, 3.63) is 12.7 Å². The van der Waals surface area contributed by atoms with Gasteiger partial charge in [-0.25, -0.2) is 0 Å². The number of hydrogen-bond acceptors (Lipinski definition) is 2. The van der Waals surface area contributed by atoms with E-state index in [1.165, 1.54) is 0 Å². The fourth-order valence-electron chi connectivity index (χ4n) is 1.48. The van der Waals surface area contributed by atoms with Crippen LogP contribution in [-0.4, -0.2) is 35.6 Å². The molecule has 1 rings (SSSR count). The molecular formula is C10H17NO2. The van der Waals surface area contributed by atoms with Crippen LogP contribution in [0.3, 0.4) is 0 Å². The van der Waals surface area contributed by atoms with Gasteiger partial charge in [0.25, 0.3) is 0 Å². The number of amides is 1. The third kappa shape index (κ3) is 2.56. The number of rotatable bonds is 5. The molecule has 0 unspecified atom stereocenters. The van der Waals surface area contributed by atoms with Crippen LogP contribution in [0.25, 0.3) is 0 Å². The van der Waals surface area contributed by atoms with E-state index in [4.69, 9.17) is 5.11 Å². The van der Waals surface area contributed by atoms with E-state index in [0.717, 1.165) is 19.3 Å². The maximum Gasteiger partial charge on any atom is 0.226 e. The Morgan fingerprint density at radius 3 is 2.69 bits per heavy atom. The molecule has 1 N–H and O–H groups in total. The first-order valence-electron chi connectivity index (χ1n) is 4.80. The molecule has 0 aromatic rings. The molecule has 0 saturated heterocycles. The molecule has 3 heteroatoms. The fraction of sp³-hybridized carbons (Fsp3) is 0.700. The lowest BCUT2D eigenvalue weighted by atomic mass is 9.84. The Bertz CT molecular complexity index is 187. The van der Waals surface area contributed by atoms with Crippen molar-refractivity contribution >= 4 is 5.91 Å². The van der Waals surface area contributed by atoms with Crippen LogP contribution < -0.4 is 0 Å². The average molecular weight is 183 g/mol. The van der Waals surface area contributed by atoms with Gasteiger partial charge in [-0.1, -0.05) is 12.5 Å². The molecule has 0 radical (unpaired) electrons. The second kappa shape index (κ2) is 5.02. The fourth-order valence-corrected chi connectivity index (χ4v) is 1.48. The van der Waals surface area contributed by atoms with Crippen LogP contribution >= 0.6 is 0 Å². The third-order valence-electron chi connectivity index (χ3n) is 2.49. The van der Waals surface area contributed by atoms with E-state index in [2.05, 4.69) is 6.58 Å². The lowest BCUT2D eigenvalue weighted by Crippen LogP contribution is -2.40. The van der Waals surface area contributed by atoms with Crippen molar-refractivity contribution in [1.29, 1.82) is 0 Å². The summed E-state index contributed by atoms with van der Waals surface area (Å²) in [5.74, 6) is 0.395. The standard InChI is InChI=1S/C10H17NO2/c1-2-6-11(7-8-12)10(13)9-4-3-5-9/h2,9,12H,1,3-8H2. The highest BCUT2D eigenvalue weighted by molar-refractivity contribution is 5.79. The van der Waals surface area contributed by atoms with E-state index >= 15 is 0 Å². The van der Waals surface area contributed by atoms with Crippen molar-refractivity contribution in [3.8, 4) is 0 Å². The zero-order valence-electron chi connectivity index (χ0n) is 7.91. The van der Waals surface area contributed by atoms with Crippen molar-refractivity contribution in [2.75, 3.05) is 19.7 Å². The predicted octanol–water partition coefficient (Wildman–Crippen LogP) is 0.793. The molecule has 1 aliphatic rings. The second-order valence-electron chi connectivity index (χ2n) is 3.42. The molecule has 0 aliphatic heterocycles. The minimum atomic E-state index is 0.0340. The molecule has 1 fully saturated rings. The van der Waals surface area contributed by atoms with Gasteiger partial charge in [0.2, 0.25) is 5.91 Å². The Kier molecular flexibility index (Phi) is 3.96. The zero-order valence-corrected chi connectivity index (χ0v) is 7.91. The maximum atomic E-state index is 11.7. The zero-order chi connectivity index (χ0) is 9.68. The van der Waals surface area contributed by atoms with Crippen molar-refractivity contribution in [2.45, 2.75) is 19.3 Å². The quantitative estimate of drug-likeness (QED) is 0.640. The van der Waals surface area contributed by atoms with Crippen LogP contribution in [-0.2, 0) is 4.79 Å². The van der Waals surface area contributed by atoms with Gasteiger partial charge in [0.05, 0.1) is 6.61 Å². The highest BCUT2D eigenvalue weighted by Gasteiger charge is 2.28. The van der Waals surface area contributed by atoms with E-state index in [1.807, 2.05) is 0 Å². The van der Waals surface area contributed by atoms with E-state index in [0.29, 0.717) is 13.1 Å². The molecule has 1 saturated carbocycles. The van der Waals surface area contributed by atoms with Gasteiger partial charge in [0.15, 0.2) is 0 Å². The second-order valence-corrected chi connectivity index (χ2v) is 3.42. The minimum Gasteiger partial charge on any atom is -0.395 e. The first kappa shape index (κ1) is 10.3. The topological polar surface area (TPSA) is 40.5 Å². The SMILES string of the molecule is C=CCN(CCO)C(=O)C1CCC1. The van der Waals surface area contributed by atoms with Crippen LogP contribution in [0.4, 0.5) is 0 Å². The summed E-state index contributed by atoms with van der Waals surface area (Å²) >= 11 is 0. The van der Waals surface area contributed by atoms with Crippen LogP contribution in [0, 0.1) is 5.92 Å². The molecule has 0 heterocycles. The van der Waals surface area contributed by atoms with Crippen molar-refractivity contribution in [3.63, 3.8) is 0 Å². The highest BCUT2D eigenvalue weighted by atomic mass is 16.3. The molecule has 1 aliphatic carbocycles. The van der Waals surface area contributed by atoms with Crippen LogP contribution in [0.15, 0.2) is 12.7 Å². The van der Waals surface area contributed by atoms with Gasteiger partial charge in [0, 0.05) is 19.0 Å². The van der Waals surface area contributed by atoms with Gasteiger partial charge in [-0.15, -0.1) is 6.58 Å². The average Bonchev–Trinajstić information content (AvgIpc) is 2.01. The van der Waals surface area contributed by atoms with Gasteiger partial charge >= 0.3 is 0 Å². The number of carbonyl (C=O) groups is 1.